The van der Waals surface area contributed by atoms with Crippen LogP contribution in [0.15, 0.2) is 47.7 Å². The fraction of sp³-hybridized carbons (Fsp3) is 0.379. The van der Waals surface area contributed by atoms with E-state index in [9.17, 15) is 32.7 Å². The van der Waals surface area contributed by atoms with E-state index < -0.39 is 35.8 Å². The highest BCUT2D eigenvalue weighted by Crippen LogP contribution is 2.38. The highest BCUT2D eigenvalue weighted by Gasteiger charge is 2.37. The first-order valence-corrected chi connectivity index (χ1v) is 13.1. The fourth-order valence-electron chi connectivity index (χ4n) is 5.47. The molecule has 1 atom stereocenters. The number of carbonyl (C=O) groups is 3. The molecule has 2 aromatic rings. The minimum absolute atomic E-state index is 0.0146. The van der Waals surface area contributed by atoms with Gasteiger partial charge >= 0.3 is 12.1 Å². The van der Waals surface area contributed by atoms with Gasteiger partial charge < -0.3 is 25.5 Å². The standard InChI is InChI=1S/C29H32F3N5O4/c1-16-10-17(2)12-19(11-16)26(33)22-7-9-37(15-25(39)40)27(22)28(41)35-24-13-21(4-5-23(24)29(30,31)32)36-8-6-20(14-36)34-18(3)38/h4-5,10-13,20,33H,6-9,14-15H2,1-3H3,(H,34,38)(H,35,41)(H,39,40)/t20-/m1/s1. The van der Waals surface area contributed by atoms with Crippen LogP contribution in [0.3, 0.4) is 0 Å². The first kappa shape index (κ1) is 29.6. The van der Waals surface area contributed by atoms with E-state index in [4.69, 9.17) is 5.41 Å². The summed E-state index contributed by atoms with van der Waals surface area (Å²) < 4.78 is 42.0. The maximum atomic E-state index is 14.0. The van der Waals surface area contributed by atoms with Crippen LogP contribution in [0.4, 0.5) is 24.5 Å². The normalized spacial score (nSPS) is 17.2. The number of aryl methyl sites for hydroxylation is 2. The van der Waals surface area contributed by atoms with Crippen molar-refractivity contribution in [3.63, 3.8) is 0 Å². The summed E-state index contributed by atoms with van der Waals surface area (Å²) in [6, 6.07) is 8.77. The highest BCUT2D eigenvalue weighted by atomic mass is 19.4. The third kappa shape index (κ3) is 6.87. The zero-order chi connectivity index (χ0) is 30.1. The molecule has 4 rings (SSSR count). The van der Waals surface area contributed by atoms with Gasteiger partial charge in [0.15, 0.2) is 0 Å². The lowest BCUT2D eigenvalue weighted by molar-refractivity contribution is -0.138. The van der Waals surface area contributed by atoms with Crippen molar-refractivity contribution in [1.82, 2.24) is 10.2 Å². The van der Waals surface area contributed by atoms with Crippen LogP contribution in [0, 0.1) is 19.3 Å². The monoisotopic (exact) mass is 571 g/mol. The Morgan fingerprint density at radius 2 is 1.76 bits per heavy atom. The molecule has 12 heteroatoms. The molecule has 1 saturated heterocycles. The van der Waals surface area contributed by atoms with Crippen molar-refractivity contribution < 1.29 is 32.7 Å². The number of benzene rings is 2. The summed E-state index contributed by atoms with van der Waals surface area (Å²) in [6.07, 6.45) is -3.97. The molecule has 0 aromatic heterocycles. The summed E-state index contributed by atoms with van der Waals surface area (Å²) in [5, 5.41) is 23.4. The van der Waals surface area contributed by atoms with E-state index in [1.807, 2.05) is 24.8 Å². The molecular formula is C29H32F3N5O4. The van der Waals surface area contributed by atoms with Crippen molar-refractivity contribution in [3.05, 3.63) is 69.9 Å². The summed E-state index contributed by atoms with van der Waals surface area (Å²) >= 11 is 0. The largest absolute Gasteiger partial charge is 0.480 e. The van der Waals surface area contributed by atoms with Crippen molar-refractivity contribution in [2.75, 3.05) is 36.4 Å². The quantitative estimate of drug-likeness (QED) is 0.354. The third-order valence-corrected chi connectivity index (χ3v) is 7.10. The molecule has 2 amide bonds. The van der Waals surface area contributed by atoms with Crippen LogP contribution >= 0.6 is 0 Å². The molecule has 9 nitrogen and oxygen atoms in total. The van der Waals surface area contributed by atoms with Gasteiger partial charge in [0.1, 0.15) is 12.2 Å². The van der Waals surface area contributed by atoms with Gasteiger partial charge in [-0.2, -0.15) is 13.2 Å². The summed E-state index contributed by atoms with van der Waals surface area (Å²) in [6.45, 7) is 5.60. The van der Waals surface area contributed by atoms with Gasteiger partial charge in [-0.05, 0) is 57.0 Å². The molecule has 1 fully saturated rings. The van der Waals surface area contributed by atoms with E-state index in [0.717, 1.165) is 17.2 Å². The van der Waals surface area contributed by atoms with Gasteiger partial charge in [0, 0.05) is 49.4 Å². The molecule has 4 N–H and O–H groups in total. The number of nitrogens with zero attached hydrogens (tertiary/aromatic N) is 2. The number of amides is 2. The predicted molar refractivity (Wildman–Crippen MR) is 148 cm³/mol. The number of rotatable bonds is 8. The van der Waals surface area contributed by atoms with E-state index >= 15 is 0 Å². The molecule has 2 aliphatic rings. The molecule has 2 aliphatic heterocycles. The van der Waals surface area contributed by atoms with Crippen molar-refractivity contribution in [2.24, 2.45) is 0 Å². The van der Waals surface area contributed by atoms with Crippen LogP contribution in [0.25, 0.3) is 0 Å². The number of alkyl halides is 3. The lowest BCUT2D eigenvalue weighted by Gasteiger charge is -2.24. The minimum atomic E-state index is -4.77. The predicted octanol–water partition coefficient (Wildman–Crippen LogP) is 4.09. The van der Waals surface area contributed by atoms with E-state index in [2.05, 4.69) is 10.6 Å². The van der Waals surface area contributed by atoms with Gasteiger partial charge in [-0.25, -0.2) is 0 Å². The first-order valence-electron chi connectivity index (χ1n) is 13.1. The number of aliphatic carboxylic acids is 1. The fourth-order valence-corrected chi connectivity index (χ4v) is 5.47. The molecular weight excluding hydrogens is 539 g/mol. The number of nitrogens with one attached hydrogen (secondary N) is 3. The van der Waals surface area contributed by atoms with Crippen LogP contribution in [-0.2, 0) is 20.6 Å². The number of carboxylic acids is 1. The van der Waals surface area contributed by atoms with Gasteiger partial charge in [-0.15, -0.1) is 0 Å². The maximum absolute atomic E-state index is 14.0. The Labute approximate surface area is 235 Å². The van der Waals surface area contributed by atoms with Crippen molar-refractivity contribution in [3.8, 4) is 0 Å². The average molecular weight is 572 g/mol. The number of carboxylic acid groups (broad SMARTS) is 1. The van der Waals surface area contributed by atoms with E-state index in [-0.39, 0.29) is 41.9 Å². The molecule has 0 radical (unpaired) electrons. The summed E-state index contributed by atoms with van der Waals surface area (Å²) in [7, 11) is 0. The first-order chi connectivity index (χ1) is 19.2. The smallest absolute Gasteiger partial charge is 0.418 e. The van der Waals surface area contributed by atoms with Crippen LogP contribution in [-0.4, -0.2) is 65.7 Å². The number of carbonyl (C=O) groups excluding carboxylic acids is 2. The van der Waals surface area contributed by atoms with E-state index in [0.29, 0.717) is 30.8 Å². The average Bonchev–Trinajstić information content (AvgIpc) is 3.48. The number of hydrogen-bond acceptors (Lipinski definition) is 6. The summed E-state index contributed by atoms with van der Waals surface area (Å²) in [5.41, 5.74) is 1.36. The molecule has 0 bridgehead atoms. The zero-order valence-electron chi connectivity index (χ0n) is 23.0. The molecule has 0 aliphatic carbocycles. The second kappa shape index (κ2) is 11.6. The van der Waals surface area contributed by atoms with Crippen LogP contribution in [0.2, 0.25) is 0 Å². The maximum Gasteiger partial charge on any atom is 0.418 e. The Hall–Kier alpha value is -4.35. The van der Waals surface area contributed by atoms with Gasteiger partial charge in [0.05, 0.1) is 17.0 Å². The van der Waals surface area contributed by atoms with E-state index in [1.165, 1.54) is 24.0 Å². The Kier molecular flexibility index (Phi) is 8.41. The molecule has 218 valence electrons. The molecule has 0 unspecified atom stereocenters. The Balaban J connectivity index is 1.71. The number of halogens is 3. The van der Waals surface area contributed by atoms with Crippen molar-refractivity contribution in [2.45, 2.75) is 45.8 Å². The van der Waals surface area contributed by atoms with Crippen molar-refractivity contribution >= 4 is 34.9 Å². The van der Waals surface area contributed by atoms with Gasteiger partial charge in [0.2, 0.25) is 5.91 Å². The lowest BCUT2D eigenvalue weighted by Crippen LogP contribution is -2.35. The highest BCUT2D eigenvalue weighted by molar-refractivity contribution is 6.17. The van der Waals surface area contributed by atoms with E-state index in [1.54, 1.807) is 12.1 Å². The SMILES string of the molecule is CC(=O)N[C@@H]1CCN(c2ccc(C(F)(F)F)c(NC(=O)C3=C(C(=N)c4cc(C)cc(C)c4)CCN3CC(=O)O)c2)C1. The number of hydrogen-bond donors (Lipinski definition) is 4. The molecule has 0 saturated carbocycles. The Bertz CT molecular complexity index is 1420. The molecule has 2 aromatic carbocycles. The van der Waals surface area contributed by atoms with Crippen molar-refractivity contribution in [1.29, 1.82) is 5.41 Å². The van der Waals surface area contributed by atoms with Crippen LogP contribution in [0.5, 0.6) is 0 Å². The second-order valence-corrected chi connectivity index (χ2v) is 10.5. The Morgan fingerprint density at radius 1 is 1.07 bits per heavy atom. The zero-order valence-corrected chi connectivity index (χ0v) is 23.0. The topological polar surface area (TPSA) is 126 Å². The van der Waals surface area contributed by atoms with Crippen LogP contribution < -0.4 is 15.5 Å². The molecule has 0 spiro atoms. The lowest BCUT2D eigenvalue weighted by atomic mass is 9.96. The third-order valence-electron chi connectivity index (χ3n) is 7.10. The summed E-state index contributed by atoms with van der Waals surface area (Å²) in [5.74, 6) is -2.33. The second-order valence-electron chi connectivity index (χ2n) is 10.5. The van der Waals surface area contributed by atoms with Gasteiger partial charge in [0.25, 0.3) is 5.91 Å². The summed E-state index contributed by atoms with van der Waals surface area (Å²) in [4.78, 5) is 39.7. The Morgan fingerprint density at radius 3 is 2.37 bits per heavy atom. The molecule has 41 heavy (non-hydrogen) atoms. The van der Waals surface area contributed by atoms with Gasteiger partial charge in [-0.3, -0.25) is 19.8 Å². The van der Waals surface area contributed by atoms with Gasteiger partial charge in [-0.1, -0.05) is 17.2 Å². The minimum Gasteiger partial charge on any atom is -0.480 e. The van der Waals surface area contributed by atoms with Crippen LogP contribution in [0.1, 0.15) is 42.0 Å². The molecule has 2 heterocycles. The number of anilines is 2.